The fraction of sp³-hybridized carbons (Fsp3) is 0.421. The van der Waals surface area contributed by atoms with Crippen molar-refractivity contribution in [3.63, 3.8) is 0 Å². The predicted molar refractivity (Wildman–Crippen MR) is 88.4 cm³/mol. The van der Waals surface area contributed by atoms with Crippen LogP contribution in [0.5, 0.6) is 5.75 Å². The van der Waals surface area contributed by atoms with Gasteiger partial charge in [0, 0.05) is 12.1 Å². The van der Waals surface area contributed by atoms with Crippen molar-refractivity contribution in [2.75, 3.05) is 0 Å². The van der Waals surface area contributed by atoms with Gasteiger partial charge >= 0.3 is 0 Å². The number of rotatable bonds is 5. The Hall–Kier alpha value is -2.37. The van der Waals surface area contributed by atoms with Gasteiger partial charge in [0.25, 0.3) is 5.91 Å². The number of carbonyl (C=O) groups is 1. The Morgan fingerprint density at radius 3 is 2.60 bits per heavy atom. The molecule has 2 aromatic rings. The first kappa shape index (κ1) is 17.5. The molecule has 1 aliphatic rings. The maximum absolute atomic E-state index is 13.5. The molecular formula is C19H21F2NO3. The third kappa shape index (κ3) is 4.81. The van der Waals surface area contributed by atoms with Crippen molar-refractivity contribution in [2.24, 2.45) is 0 Å². The Morgan fingerprint density at radius 1 is 1.12 bits per heavy atom. The van der Waals surface area contributed by atoms with Crippen LogP contribution in [-0.2, 0) is 6.61 Å². The van der Waals surface area contributed by atoms with E-state index in [1.54, 1.807) is 12.1 Å². The van der Waals surface area contributed by atoms with Crippen molar-refractivity contribution in [3.8, 4) is 5.75 Å². The van der Waals surface area contributed by atoms with E-state index in [1.807, 2.05) is 0 Å². The van der Waals surface area contributed by atoms with Crippen LogP contribution in [0.15, 0.2) is 34.7 Å². The third-order valence-corrected chi connectivity index (χ3v) is 4.34. The van der Waals surface area contributed by atoms with Crippen molar-refractivity contribution >= 4 is 5.91 Å². The van der Waals surface area contributed by atoms with E-state index in [4.69, 9.17) is 9.15 Å². The first-order chi connectivity index (χ1) is 12.1. The van der Waals surface area contributed by atoms with E-state index in [0.29, 0.717) is 5.76 Å². The van der Waals surface area contributed by atoms with Gasteiger partial charge in [-0.2, -0.15) is 0 Å². The van der Waals surface area contributed by atoms with E-state index >= 15 is 0 Å². The summed E-state index contributed by atoms with van der Waals surface area (Å²) in [6.45, 7) is -0.0424. The smallest absolute Gasteiger partial charge is 0.287 e. The minimum absolute atomic E-state index is 0.0424. The molecule has 25 heavy (non-hydrogen) atoms. The van der Waals surface area contributed by atoms with Crippen LogP contribution in [0.1, 0.15) is 54.8 Å². The molecule has 0 aliphatic heterocycles. The number of hydrogen-bond acceptors (Lipinski definition) is 3. The quantitative estimate of drug-likeness (QED) is 0.803. The molecule has 0 atom stereocenters. The van der Waals surface area contributed by atoms with Crippen molar-refractivity contribution in [2.45, 2.75) is 51.2 Å². The molecule has 1 heterocycles. The lowest BCUT2D eigenvalue weighted by molar-refractivity contribution is 0.0901. The number of ether oxygens (including phenoxy) is 1. The predicted octanol–water partition coefficient (Wildman–Crippen LogP) is 4.59. The van der Waals surface area contributed by atoms with Gasteiger partial charge < -0.3 is 14.5 Å². The molecule has 1 aromatic heterocycles. The van der Waals surface area contributed by atoms with Crippen LogP contribution in [0.3, 0.4) is 0 Å². The van der Waals surface area contributed by atoms with Gasteiger partial charge in [-0.15, -0.1) is 0 Å². The summed E-state index contributed by atoms with van der Waals surface area (Å²) < 4.78 is 37.1. The van der Waals surface area contributed by atoms with Crippen molar-refractivity contribution in [1.82, 2.24) is 5.32 Å². The third-order valence-electron chi connectivity index (χ3n) is 4.34. The first-order valence-corrected chi connectivity index (χ1v) is 8.59. The molecule has 1 aromatic carbocycles. The standard InChI is InChI=1S/C19H21F2NO3/c20-13-7-9-17(16(21)11-13)24-12-15-8-10-18(25-15)19(23)22-14-5-3-1-2-4-6-14/h7-11,14H,1-6,12H2,(H,22,23). The van der Waals surface area contributed by atoms with Crippen LogP contribution in [0.4, 0.5) is 8.78 Å². The Bertz CT molecular complexity index is 721. The number of halogens is 2. The van der Waals surface area contributed by atoms with Crippen LogP contribution in [0, 0.1) is 11.6 Å². The molecule has 6 heteroatoms. The fourth-order valence-corrected chi connectivity index (χ4v) is 3.00. The molecule has 1 amide bonds. The highest BCUT2D eigenvalue weighted by Gasteiger charge is 2.18. The summed E-state index contributed by atoms with van der Waals surface area (Å²) in [6.07, 6.45) is 6.68. The Balaban J connectivity index is 1.55. The van der Waals surface area contributed by atoms with Crippen LogP contribution >= 0.6 is 0 Å². The lowest BCUT2D eigenvalue weighted by Gasteiger charge is -2.15. The van der Waals surface area contributed by atoms with Crippen molar-refractivity contribution in [3.05, 3.63) is 53.5 Å². The summed E-state index contributed by atoms with van der Waals surface area (Å²) in [5.41, 5.74) is 0. The average molecular weight is 349 g/mol. The van der Waals surface area contributed by atoms with Gasteiger partial charge in [-0.25, -0.2) is 8.78 Å². The molecule has 0 radical (unpaired) electrons. The van der Waals surface area contributed by atoms with Gasteiger partial charge in [0.05, 0.1) is 0 Å². The minimum Gasteiger partial charge on any atom is -0.483 e. The van der Waals surface area contributed by atoms with Crippen LogP contribution in [0.2, 0.25) is 0 Å². The van der Waals surface area contributed by atoms with E-state index in [9.17, 15) is 13.6 Å². The number of benzene rings is 1. The maximum Gasteiger partial charge on any atom is 0.287 e. The maximum atomic E-state index is 13.5. The number of amides is 1. The number of furan rings is 1. The average Bonchev–Trinajstić information content (AvgIpc) is 2.92. The van der Waals surface area contributed by atoms with Gasteiger partial charge in [-0.3, -0.25) is 4.79 Å². The van der Waals surface area contributed by atoms with Crippen LogP contribution < -0.4 is 10.1 Å². The number of nitrogens with one attached hydrogen (secondary N) is 1. The molecule has 1 saturated carbocycles. The molecule has 3 rings (SSSR count). The van der Waals surface area contributed by atoms with E-state index in [2.05, 4.69) is 5.32 Å². The summed E-state index contributed by atoms with van der Waals surface area (Å²) in [6, 6.07) is 6.46. The SMILES string of the molecule is O=C(NC1CCCCCC1)c1ccc(COc2ccc(F)cc2F)o1. The summed E-state index contributed by atoms with van der Waals surface area (Å²) in [5, 5.41) is 3.00. The van der Waals surface area contributed by atoms with Gasteiger partial charge in [0.1, 0.15) is 18.2 Å². The number of carbonyl (C=O) groups excluding carboxylic acids is 1. The molecule has 0 spiro atoms. The van der Waals surface area contributed by atoms with Crippen LogP contribution in [-0.4, -0.2) is 11.9 Å². The molecule has 134 valence electrons. The van der Waals surface area contributed by atoms with Gasteiger partial charge in [-0.05, 0) is 37.1 Å². The van der Waals surface area contributed by atoms with Gasteiger partial charge in [0.2, 0.25) is 0 Å². The molecule has 0 saturated heterocycles. The zero-order valence-electron chi connectivity index (χ0n) is 13.9. The first-order valence-electron chi connectivity index (χ1n) is 8.59. The van der Waals surface area contributed by atoms with E-state index in [-0.39, 0.29) is 30.1 Å². The normalized spacial score (nSPS) is 15.6. The lowest BCUT2D eigenvalue weighted by Crippen LogP contribution is -2.34. The molecule has 0 bridgehead atoms. The topological polar surface area (TPSA) is 51.5 Å². The molecule has 0 unspecified atom stereocenters. The summed E-state index contributed by atoms with van der Waals surface area (Å²) >= 11 is 0. The largest absolute Gasteiger partial charge is 0.483 e. The summed E-state index contributed by atoms with van der Waals surface area (Å²) in [7, 11) is 0. The highest BCUT2D eigenvalue weighted by Crippen LogP contribution is 2.20. The van der Waals surface area contributed by atoms with Crippen LogP contribution in [0.25, 0.3) is 0 Å². The van der Waals surface area contributed by atoms with E-state index in [1.165, 1.54) is 18.9 Å². The second-order valence-corrected chi connectivity index (χ2v) is 6.29. The zero-order chi connectivity index (χ0) is 17.6. The second kappa shape index (κ2) is 8.14. The highest BCUT2D eigenvalue weighted by atomic mass is 19.1. The molecule has 1 N–H and O–H groups in total. The molecule has 1 fully saturated rings. The molecule has 4 nitrogen and oxygen atoms in total. The van der Waals surface area contributed by atoms with Gasteiger partial charge in [0.15, 0.2) is 17.3 Å². The minimum atomic E-state index is -0.780. The molecular weight excluding hydrogens is 328 g/mol. The highest BCUT2D eigenvalue weighted by molar-refractivity contribution is 5.91. The fourth-order valence-electron chi connectivity index (χ4n) is 3.00. The summed E-state index contributed by atoms with van der Waals surface area (Å²) in [4.78, 5) is 12.3. The Kier molecular flexibility index (Phi) is 5.68. The van der Waals surface area contributed by atoms with Gasteiger partial charge in [-0.1, -0.05) is 25.7 Å². The number of hydrogen-bond donors (Lipinski definition) is 1. The Labute approximate surface area is 145 Å². The monoisotopic (exact) mass is 349 g/mol. The Morgan fingerprint density at radius 2 is 1.88 bits per heavy atom. The zero-order valence-corrected chi connectivity index (χ0v) is 13.9. The van der Waals surface area contributed by atoms with Crippen molar-refractivity contribution < 1.29 is 22.7 Å². The summed E-state index contributed by atoms with van der Waals surface area (Å²) in [5.74, 6) is -1.15. The van der Waals surface area contributed by atoms with E-state index in [0.717, 1.165) is 37.8 Å². The lowest BCUT2D eigenvalue weighted by atomic mass is 10.1. The van der Waals surface area contributed by atoms with Crippen molar-refractivity contribution in [1.29, 1.82) is 0 Å². The molecule has 1 aliphatic carbocycles. The second-order valence-electron chi connectivity index (χ2n) is 6.29. The van der Waals surface area contributed by atoms with E-state index < -0.39 is 11.6 Å².